The maximum Gasteiger partial charge on any atom is 1.00 e. The summed E-state index contributed by atoms with van der Waals surface area (Å²) in [5, 5.41) is 20.5. The fraction of sp³-hybridized carbons (Fsp3) is 0. The van der Waals surface area contributed by atoms with Gasteiger partial charge < -0.3 is 12.8 Å². The second-order valence-corrected chi connectivity index (χ2v) is 21.4. The summed E-state index contributed by atoms with van der Waals surface area (Å²) in [5.74, 6) is 5.09. The molecule has 0 aliphatic heterocycles. The Labute approximate surface area is 445 Å². The second kappa shape index (κ2) is 23.8. The summed E-state index contributed by atoms with van der Waals surface area (Å²) in [6.07, 6.45) is 14.9. The Kier molecular flexibility index (Phi) is 16.9. The molecule has 0 amide bonds. The van der Waals surface area contributed by atoms with E-state index in [1.807, 2.05) is 48.5 Å². The molecular weight excluding hydrogens is 1250 g/mol. The molecule has 0 saturated heterocycles. The fourth-order valence-electron chi connectivity index (χ4n) is 9.42. The summed E-state index contributed by atoms with van der Waals surface area (Å²) in [6.45, 7) is 0. The Morgan fingerprint density at radius 3 is 0.971 bits per heavy atom. The molecule has 0 atom stereocenters. The molecule has 0 spiro atoms. The molecule has 0 N–H and O–H groups in total. The molecule has 12 aromatic carbocycles. The van der Waals surface area contributed by atoms with Gasteiger partial charge in [-0.2, -0.15) is 0 Å². The standard InChI is InChI=1S/C30H24P2.C20H11.C16H9.2Au/c1-5-15-25(16-6-1)31(26-17-7-2-8-18-26)29-23-13-14-24-30(29)32(27-19-9-3-10-20-27)28-21-11-4-12-22-28;1-2-14-13-20-17-9-4-3-7-15(17)11-12-19(20)18-10-6-5-8-16(14)18;1-2-12-11-13-7-3-4-9-15(13)16-10-6-5-8-14(12)16;;/h1-24H;3-13H;3-11H;;/q;2*-1;2*+1/p+2. The molecule has 0 aliphatic carbocycles. The van der Waals surface area contributed by atoms with Crippen LogP contribution in [0.3, 0.4) is 0 Å². The van der Waals surface area contributed by atoms with Crippen molar-refractivity contribution in [1.29, 1.82) is 0 Å². The summed E-state index contributed by atoms with van der Waals surface area (Å²) >= 11 is 0. The molecule has 0 fully saturated rings. The topological polar surface area (TPSA) is 0 Å². The molecule has 0 aliphatic rings. The van der Waals surface area contributed by atoms with E-state index in [1.165, 1.54) is 69.5 Å². The minimum Gasteiger partial charge on any atom is -0.366 e. The molecular formula is C66H46Au2P2+2. The van der Waals surface area contributed by atoms with Crippen molar-refractivity contribution < 1.29 is 44.8 Å². The Balaban J connectivity index is 0.000000149. The maximum absolute atomic E-state index is 7.56. The van der Waals surface area contributed by atoms with Crippen LogP contribution in [0.25, 0.3) is 53.9 Å². The fourth-order valence-corrected chi connectivity index (χ4v) is 15.4. The van der Waals surface area contributed by atoms with Gasteiger partial charge in [0.2, 0.25) is 0 Å². The van der Waals surface area contributed by atoms with Crippen molar-refractivity contribution in [2.24, 2.45) is 0 Å². The molecule has 0 bridgehead atoms. The predicted octanol–water partition coefficient (Wildman–Crippen LogP) is 13.7. The van der Waals surface area contributed by atoms with Crippen LogP contribution in [0.4, 0.5) is 0 Å². The van der Waals surface area contributed by atoms with Crippen molar-refractivity contribution in [3.05, 3.63) is 291 Å². The first-order valence-corrected chi connectivity index (χ1v) is 25.8. The summed E-state index contributed by atoms with van der Waals surface area (Å²) < 4.78 is 0. The van der Waals surface area contributed by atoms with Crippen molar-refractivity contribution in [2.75, 3.05) is 0 Å². The zero-order chi connectivity index (χ0) is 46.1. The summed E-state index contributed by atoms with van der Waals surface area (Å²) in [4.78, 5) is 0. The molecule has 0 saturated carbocycles. The number of fused-ring (bicyclic) bond motifs is 8. The smallest absolute Gasteiger partial charge is 0.366 e. The molecule has 0 unspecified atom stereocenters. The summed E-state index contributed by atoms with van der Waals surface area (Å²) in [6, 6.07) is 94.9. The SMILES string of the molecule is [Au+].[Au+].[C-]#Cc1cc2c3ccccc3ccc2c2ccccc12.[C-]#Cc1cc2ccccc2c2ccccc12.c1ccc([PH+](c2ccccc2)c2ccccc2[PH+](c2ccccc2)c2ccccc2)cc1. The molecule has 0 nitrogen and oxygen atoms in total. The average Bonchev–Trinajstić information content (AvgIpc) is 3.42. The number of rotatable bonds is 6. The third-order valence-electron chi connectivity index (χ3n) is 12.5. The van der Waals surface area contributed by atoms with Crippen molar-refractivity contribution in [3.63, 3.8) is 0 Å². The van der Waals surface area contributed by atoms with Gasteiger partial charge in [-0.1, -0.05) is 205 Å². The minimum atomic E-state index is -1.14. The van der Waals surface area contributed by atoms with E-state index < -0.39 is 15.8 Å². The molecule has 0 aromatic heterocycles. The predicted molar refractivity (Wildman–Crippen MR) is 300 cm³/mol. The van der Waals surface area contributed by atoms with E-state index in [9.17, 15) is 0 Å². The normalized spacial score (nSPS) is 10.6. The van der Waals surface area contributed by atoms with Gasteiger partial charge in [0.05, 0.1) is 0 Å². The Morgan fingerprint density at radius 2 is 0.543 bits per heavy atom. The van der Waals surface area contributed by atoms with Crippen LogP contribution in [-0.4, -0.2) is 0 Å². The quantitative estimate of drug-likeness (QED) is 0.0512. The van der Waals surface area contributed by atoms with E-state index in [0.717, 1.165) is 27.3 Å². The van der Waals surface area contributed by atoms with Gasteiger partial charge in [0.25, 0.3) is 0 Å². The van der Waals surface area contributed by atoms with Gasteiger partial charge in [-0.25, -0.2) is 0 Å². The van der Waals surface area contributed by atoms with Crippen LogP contribution in [-0.2, 0) is 44.8 Å². The van der Waals surface area contributed by atoms with Crippen molar-refractivity contribution in [1.82, 2.24) is 0 Å². The minimum absolute atomic E-state index is 0. The van der Waals surface area contributed by atoms with Gasteiger partial charge in [-0.15, -0.1) is 23.3 Å². The van der Waals surface area contributed by atoms with Gasteiger partial charge in [0.1, 0.15) is 47.7 Å². The summed E-state index contributed by atoms with van der Waals surface area (Å²) in [5.41, 5.74) is 1.71. The van der Waals surface area contributed by atoms with Crippen molar-refractivity contribution in [3.8, 4) is 11.8 Å². The Morgan fingerprint density at radius 1 is 0.243 bits per heavy atom. The van der Waals surface area contributed by atoms with Gasteiger partial charge in [0, 0.05) is 0 Å². The van der Waals surface area contributed by atoms with Gasteiger partial charge in [0.15, 0.2) is 0 Å². The van der Waals surface area contributed by atoms with E-state index in [4.69, 9.17) is 12.8 Å². The first-order valence-electron chi connectivity index (χ1n) is 22.8. The summed E-state index contributed by atoms with van der Waals surface area (Å²) in [7, 11) is -2.28. The first kappa shape index (κ1) is 49.8. The largest absolute Gasteiger partial charge is 1.00 e. The molecule has 4 heteroatoms. The zero-order valence-electron chi connectivity index (χ0n) is 38.0. The zero-order valence-corrected chi connectivity index (χ0v) is 44.3. The molecule has 12 aromatic rings. The van der Waals surface area contributed by atoms with Crippen molar-refractivity contribution in [2.45, 2.75) is 0 Å². The molecule has 340 valence electrons. The van der Waals surface area contributed by atoms with Crippen LogP contribution in [0.5, 0.6) is 0 Å². The number of hydrogen-bond donors (Lipinski definition) is 0. The maximum atomic E-state index is 7.56. The van der Waals surface area contributed by atoms with Crippen LogP contribution < -0.4 is 31.8 Å². The van der Waals surface area contributed by atoms with Crippen LogP contribution in [0.15, 0.2) is 267 Å². The monoisotopic (exact) mass is 1290 g/mol. The van der Waals surface area contributed by atoms with E-state index in [1.54, 1.807) is 0 Å². The number of benzene rings is 12. The van der Waals surface area contributed by atoms with Gasteiger partial charge in [-0.3, -0.25) is 11.8 Å². The Hall–Kier alpha value is -6.60. The number of hydrogen-bond acceptors (Lipinski definition) is 0. The molecule has 12 rings (SSSR count). The third-order valence-corrected chi connectivity index (χ3v) is 18.4. The van der Waals surface area contributed by atoms with Crippen LogP contribution in [0.2, 0.25) is 0 Å². The molecule has 0 heterocycles. The van der Waals surface area contributed by atoms with Crippen molar-refractivity contribution >= 4 is 102 Å². The molecule has 0 radical (unpaired) electrons. The van der Waals surface area contributed by atoms with Gasteiger partial charge in [-0.05, 0) is 104 Å². The second-order valence-electron chi connectivity index (χ2n) is 16.6. The van der Waals surface area contributed by atoms with E-state index in [-0.39, 0.29) is 44.8 Å². The Bertz CT molecular complexity index is 3590. The van der Waals surface area contributed by atoms with E-state index >= 15 is 0 Å². The van der Waals surface area contributed by atoms with E-state index in [2.05, 4.69) is 230 Å². The molecule has 70 heavy (non-hydrogen) atoms. The average molecular weight is 1290 g/mol. The first-order chi connectivity index (χ1) is 33.7. The van der Waals surface area contributed by atoms with Crippen LogP contribution in [0.1, 0.15) is 11.1 Å². The van der Waals surface area contributed by atoms with Crippen LogP contribution in [0, 0.1) is 24.7 Å². The van der Waals surface area contributed by atoms with Crippen LogP contribution >= 0.6 is 15.8 Å². The van der Waals surface area contributed by atoms with E-state index in [0.29, 0.717) is 0 Å². The third kappa shape index (κ3) is 10.6. The van der Waals surface area contributed by atoms with Gasteiger partial charge >= 0.3 is 44.8 Å².